The van der Waals surface area contributed by atoms with Gasteiger partial charge in [-0.15, -0.1) is 0 Å². The van der Waals surface area contributed by atoms with Crippen molar-refractivity contribution in [2.45, 2.75) is 11.3 Å². The lowest BCUT2D eigenvalue weighted by atomic mass is 10.5. The number of alkyl halides is 2. The zero-order valence-corrected chi connectivity index (χ0v) is 10.7. The van der Waals surface area contributed by atoms with Crippen molar-refractivity contribution in [3.8, 4) is 0 Å². The van der Waals surface area contributed by atoms with E-state index in [2.05, 4.69) is 4.98 Å². The van der Waals surface area contributed by atoms with Gasteiger partial charge in [0.25, 0.3) is 6.43 Å². The predicted molar refractivity (Wildman–Crippen MR) is 61.1 cm³/mol. The lowest BCUT2D eigenvalue weighted by molar-refractivity contribution is 0.113. The Morgan fingerprint density at radius 2 is 2.11 bits per heavy atom. The van der Waals surface area contributed by atoms with E-state index >= 15 is 0 Å². The molecule has 102 valence electrons. The van der Waals surface area contributed by atoms with Crippen molar-refractivity contribution in [3.05, 3.63) is 23.5 Å². The number of pyridine rings is 1. The normalized spacial score (nSPS) is 12.3. The molecule has 0 bridgehead atoms. The van der Waals surface area contributed by atoms with Gasteiger partial charge in [-0.3, -0.25) is 0 Å². The minimum atomic E-state index is -4.10. The third kappa shape index (κ3) is 3.84. The van der Waals surface area contributed by atoms with Gasteiger partial charge in [-0.05, 0) is 12.1 Å². The number of nitrogens with zero attached hydrogens (tertiary/aromatic N) is 2. The van der Waals surface area contributed by atoms with Gasteiger partial charge in [0.15, 0.2) is 0 Å². The topological polar surface area (TPSA) is 70.5 Å². The molecule has 0 saturated carbocycles. The molecule has 0 saturated heterocycles. The molecule has 0 aliphatic rings. The van der Waals surface area contributed by atoms with Crippen molar-refractivity contribution >= 4 is 21.6 Å². The van der Waals surface area contributed by atoms with E-state index in [9.17, 15) is 17.2 Å². The summed E-state index contributed by atoms with van der Waals surface area (Å²) >= 11 is 5.51. The summed E-state index contributed by atoms with van der Waals surface area (Å²) in [4.78, 5) is 3.33. The largest absolute Gasteiger partial charge is 0.395 e. The molecule has 5 nitrogen and oxygen atoms in total. The molecule has 0 unspecified atom stereocenters. The first kappa shape index (κ1) is 15.2. The van der Waals surface area contributed by atoms with Gasteiger partial charge < -0.3 is 5.11 Å². The highest BCUT2D eigenvalue weighted by atomic mass is 35.5. The SMILES string of the molecule is O=S(=O)(c1ccc(Cl)nc1)N(CCO)CC(F)F. The fourth-order valence-corrected chi connectivity index (χ4v) is 2.71. The first-order valence-corrected chi connectivity index (χ1v) is 6.70. The van der Waals surface area contributed by atoms with Crippen LogP contribution in [0.2, 0.25) is 5.15 Å². The third-order valence-electron chi connectivity index (χ3n) is 2.03. The van der Waals surface area contributed by atoms with Crippen molar-refractivity contribution in [2.75, 3.05) is 19.7 Å². The van der Waals surface area contributed by atoms with Crippen LogP contribution in [0.15, 0.2) is 23.2 Å². The minimum absolute atomic E-state index is 0.0940. The first-order chi connectivity index (χ1) is 8.37. The second kappa shape index (κ2) is 6.37. The van der Waals surface area contributed by atoms with Crippen LogP contribution in [0, 0.1) is 0 Å². The van der Waals surface area contributed by atoms with Gasteiger partial charge in [0.2, 0.25) is 10.0 Å². The van der Waals surface area contributed by atoms with Gasteiger partial charge in [0.05, 0.1) is 13.2 Å². The van der Waals surface area contributed by atoms with Crippen LogP contribution >= 0.6 is 11.6 Å². The first-order valence-electron chi connectivity index (χ1n) is 4.88. The number of hydrogen-bond donors (Lipinski definition) is 1. The summed E-state index contributed by atoms with van der Waals surface area (Å²) in [6.45, 7) is -1.94. The Balaban J connectivity index is 3.04. The summed E-state index contributed by atoms with van der Waals surface area (Å²) in [7, 11) is -4.10. The van der Waals surface area contributed by atoms with Gasteiger partial charge in [0.1, 0.15) is 10.0 Å². The molecule has 0 atom stereocenters. The molecular formula is C9H11ClF2N2O3S. The van der Waals surface area contributed by atoms with Crippen molar-refractivity contribution < 1.29 is 22.3 Å². The Labute approximate surface area is 108 Å². The maximum atomic E-state index is 12.3. The van der Waals surface area contributed by atoms with E-state index in [1.54, 1.807) is 0 Å². The van der Waals surface area contributed by atoms with Crippen LogP contribution in [-0.4, -0.2) is 48.9 Å². The van der Waals surface area contributed by atoms with E-state index < -0.39 is 36.1 Å². The number of aliphatic hydroxyl groups is 1. The summed E-state index contributed by atoms with van der Waals surface area (Å²) in [6.07, 6.45) is -1.85. The number of sulfonamides is 1. The van der Waals surface area contributed by atoms with Crippen LogP contribution in [0.1, 0.15) is 0 Å². The second-order valence-corrected chi connectivity index (χ2v) is 5.62. The van der Waals surface area contributed by atoms with E-state index in [1.807, 2.05) is 0 Å². The summed E-state index contributed by atoms with van der Waals surface area (Å²) in [5.74, 6) is 0. The maximum absolute atomic E-state index is 12.3. The van der Waals surface area contributed by atoms with Crippen molar-refractivity contribution in [3.63, 3.8) is 0 Å². The molecule has 9 heteroatoms. The average molecular weight is 301 g/mol. The highest BCUT2D eigenvalue weighted by Crippen LogP contribution is 2.17. The number of rotatable bonds is 6. The van der Waals surface area contributed by atoms with Crippen LogP contribution in [0.5, 0.6) is 0 Å². The van der Waals surface area contributed by atoms with Gasteiger partial charge in [-0.1, -0.05) is 11.6 Å². The summed E-state index contributed by atoms with van der Waals surface area (Å²) in [5.41, 5.74) is 0. The molecule has 1 N–H and O–H groups in total. The molecule has 1 aromatic heterocycles. The Morgan fingerprint density at radius 1 is 1.44 bits per heavy atom. The second-order valence-electron chi connectivity index (χ2n) is 3.29. The number of aliphatic hydroxyl groups excluding tert-OH is 1. The number of aromatic nitrogens is 1. The molecular weight excluding hydrogens is 290 g/mol. The number of halogens is 3. The maximum Gasteiger partial charge on any atom is 0.252 e. The van der Waals surface area contributed by atoms with Gasteiger partial charge in [-0.2, -0.15) is 4.31 Å². The average Bonchev–Trinajstić information content (AvgIpc) is 2.28. The fraction of sp³-hybridized carbons (Fsp3) is 0.444. The highest BCUT2D eigenvalue weighted by Gasteiger charge is 2.27. The summed E-state index contributed by atoms with van der Waals surface area (Å²) < 4.78 is 49.0. The van der Waals surface area contributed by atoms with Gasteiger partial charge >= 0.3 is 0 Å². The summed E-state index contributed by atoms with van der Waals surface area (Å²) in [6, 6.07) is 2.41. The Kier molecular flexibility index (Phi) is 5.39. The van der Waals surface area contributed by atoms with Crippen LogP contribution in [0.25, 0.3) is 0 Å². The molecule has 1 heterocycles. The quantitative estimate of drug-likeness (QED) is 0.795. The lowest BCUT2D eigenvalue weighted by Crippen LogP contribution is -2.37. The monoisotopic (exact) mass is 300 g/mol. The van der Waals surface area contributed by atoms with Gasteiger partial charge in [0, 0.05) is 12.7 Å². The van der Waals surface area contributed by atoms with Gasteiger partial charge in [-0.25, -0.2) is 22.2 Å². The van der Waals surface area contributed by atoms with Crippen LogP contribution in [-0.2, 0) is 10.0 Å². The van der Waals surface area contributed by atoms with E-state index in [0.717, 1.165) is 6.20 Å². The summed E-state index contributed by atoms with van der Waals surface area (Å²) in [5, 5.41) is 8.81. The van der Waals surface area contributed by atoms with Crippen LogP contribution < -0.4 is 0 Å². The van der Waals surface area contributed by atoms with E-state index in [0.29, 0.717) is 4.31 Å². The minimum Gasteiger partial charge on any atom is -0.395 e. The molecule has 1 rings (SSSR count). The van der Waals surface area contributed by atoms with E-state index in [-0.39, 0.29) is 10.0 Å². The molecule has 0 spiro atoms. The van der Waals surface area contributed by atoms with E-state index in [1.165, 1.54) is 12.1 Å². The molecule has 1 aromatic rings. The Morgan fingerprint density at radius 3 is 2.56 bits per heavy atom. The molecule has 0 radical (unpaired) electrons. The molecule has 18 heavy (non-hydrogen) atoms. The lowest BCUT2D eigenvalue weighted by Gasteiger charge is -2.20. The molecule has 0 aliphatic carbocycles. The predicted octanol–water partition coefficient (Wildman–Crippen LogP) is 0.983. The fourth-order valence-electron chi connectivity index (χ4n) is 1.24. The number of hydrogen-bond acceptors (Lipinski definition) is 4. The van der Waals surface area contributed by atoms with Crippen molar-refractivity contribution in [1.82, 2.24) is 9.29 Å². The third-order valence-corrected chi connectivity index (χ3v) is 4.10. The molecule has 0 aliphatic heterocycles. The standard InChI is InChI=1S/C9H11ClF2N2O3S/c10-8-2-1-7(5-13-8)18(16,17)14(3-4-15)6-9(11)12/h1-2,5,9,15H,3-4,6H2. The zero-order chi connectivity index (χ0) is 13.8. The van der Waals surface area contributed by atoms with Crippen LogP contribution in [0.3, 0.4) is 0 Å². The smallest absolute Gasteiger partial charge is 0.252 e. The molecule has 0 amide bonds. The van der Waals surface area contributed by atoms with E-state index in [4.69, 9.17) is 16.7 Å². The van der Waals surface area contributed by atoms with Crippen molar-refractivity contribution in [1.29, 1.82) is 0 Å². The zero-order valence-electron chi connectivity index (χ0n) is 9.13. The highest BCUT2D eigenvalue weighted by molar-refractivity contribution is 7.89. The molecule has 0 fully saturated rings. The Bertz CT molecular complexity index is 481. The Hall–Kier alpha value is -0.830. The molecule has 0 aromatic carbocycles. The van der Waals surface area contributed by atoms with Crippen LogP contribution in [0.4, 0.5) is 8.78 Å². The van der Waals surface area contributed by atoms with Crippen molar-refractivity contribution in [2.24, 2.45) is 0 Å².